The van der Waals surface area contributed by atoms with Crippen molar-refractivity contribution in [3.8, 4) is 0 Å². The summed E-state index contributed by atoms with van der Waals surface area (Å²) >= 11 is 0. The lowest BCUT2D eigenvalue weighted by molar-refractivity contribution is 0.429. The Balaban J connectivity index is 2.12. The highest BCUT2D eigenvalue weighted by Gasteiger charge is 2.32. The summed E-state index contributed by atoms with van der Waals surface area (Å²) in [5.74, 6) is 1.51. The Morgan fingerprint density at radius 2 is 1.88 bits per heavy atom. The van der Waals surface area contributed by atoms with E-state index in [1.807, 2.05) is 0 Å². The van der Waals surface area contributed by atoms with E-state index in [4.69, 9.17) is 0 Å². The Morgan fingerprint density at radius 3 is 2.38 bits per heavy atom. The zero-order valence-corrected chi connectivity index (χ0v) is 10.7. The van der Waals surface area contributed by atoms with Crippen LogP contribution in [0.15, 0.2) is 24.3 Å². The van der Waals surface area contributed by atoms with Gasteiger partial charge in [-0.2, -0.15) is 0 Å². The second kappa shape index (κ2) is 5.01. The van der Waals surface area contributed by atoms with Gasteiger partial charge in [0.2, 0.25) is 0 Å². The van der Waals surface area contributed by atoms with Gasteiger partial charge in [0, 0.05) is 6.04 Å². The van der Waals surface area contributed by atoms with Crippen molar-refractivity contribution in [3.05, 3.63) is 35.4 Å². The van der Waals surface area contributed by atoms with Crippen LogP contribution in [0.4, 0.5) is 0 Å². The molecule has 0 amide bonds. The highest BCUT2D eigenvalue weighted by atomic mass is 14.9. The predicted molar refractivity (Wildman–Crippen MR) is 69.8 cm³/mol. The van der Waals surface area contributed by atoms with E-state index in [0.29, 0.717) is 6.04 Å². The normalized spacial score (nSPS) is 29.6. The Bertz CT molecular complexity index is 328. The van der Waals surface area contributed by atoms with Gasteiger partial charge in [-0.15, -0.1) is 0 Å². The molecular weight excluding hydrogens is 194 g/mol. The molecule has 0 heterocycles. The molecule has 1 nitrogen and oxygen atoms in total. The van der Waals surface area contributed by atoms with Crippen LogP contribution in [-0.4, -0.2) is 13.1 Å². The van der Waals surface area contributed by atoms with E-state index in [0.717, 1.165) is 18.3 Å². The lowest BCUT2D eigenvalue weighted by atomic mass is 9.88. The number of rotatable bonds is 3. The van der Waals surface area contributed by atoms with Crippen molar-refractivity contribution < 1.29 is 0 Å². The average Bonchev–Trinajstić information content (AvgIpc) is 2.70. The summed E-state index contributed by atoms with van der Waals surface area (Å²) in [6.45, 7) is 4.59. The second-order valence-corrected chi connectivity index (χ2v) is 5.03. The molecule has 0 aromatic heterocycles. The van der Waals surface area contributed by atoms with Crippen molar-refractivity contribution in [2.45, 2.75) is 45.1 Å². The summed E-state index contributed by atoms with van der Waals surface area (Å²) in [6, 6.07) is 9.94. The number of hydrogen-bond donors (Lipinski definition) is 1. The first kappa shape index (κ1) is 11.7. The van der Waals surface area contributed by atoms with E-state index in [9.17, 15) is 0 Å². The van der Waals surface area contributed by atoms with Crippen LogP contribution in [0.25, 0.3) is 0 Å². The number of hydrogen-bond acceptors (Lipinski definition) is 1. The largest absolute Gasteiger partial charge is 0.317 e. The molecule has 1 aromatic carbocycles. The zero-order chi connectivity index (χ0) is 11.5. The van der Waals surface area contributed by atoms with E-state index in [2.05, 4.69) is 50.5 Å². The van der Waals surface area contributed by atoms with E-state index < -0.39 is 0 Å². The molecule has 0 saturated heterocycles. The van der Waals surface area contributed by atoms with E-state index >= 15 is 0 Å². The molecule has 1 fully saturated rings. The molecule has 3 unspecified atom stereocenters. The van der Waals surface area contributed by atoms with Gasteiger partial charge in [-0.3, -0.25) is 0 Å². The fourth-order valence-electron chi connectivity index (χ4n) is 3.04. The first-order valence-electron chi connectivity index (χ1n) is 6.52. The minimum atomic E-state index is 0.704. The van der Waals surface area contributed by atoms with Gasteiger partial charge >= 0.3 is 0 Å². The lowest BCUT2D eigenvalue weighted by Crippen LogP contribution is -2.28. The molecule has 1 aliphatic rings. The fraction of sp³-hybridized carbons (Fsp3) is 0.600. The zero-order valence-electron chi connectivity index (χ0n) is 10.7. The quantitative estimate of drug-likeness (QED) is 0.818. The van der Waals surface area contributed by atoms with Crippen LogP contribution in [0.3, 0.4) is 0 Å². The summed E-state index contributed by atoms with van der Waals surface area (Å²) in [4.78, 5) is 0. The van der Waals surface area contributed by atoms with Gasteiger partial charge in [-0.05, 0) is 49.3 Å². The average molecular weight is 217 g/mol. The van der Waals surface area contributed by atoms with Gasteiger partial charge in [0.05, 0.1) is 0 Å². The van der Waals surface area contributed by atoms with Crippen LogP contribution in [0.2, 0.25) is 0 Å². The number of nitrogens with one attached hydrogen (secondary N) is 1. The minimum Gasteiger partial charge on any atom is -0.317 e. The molecule has 2 rings (SSSR count). The molecule has 0 radical (unpaired) electrons. The van der Waals surface area contributed by atoms with Crippen molar-refractivity contribution >= 4 is 0 Å². The third kappa shape index (κ3) is 2.15. The van der Waals surface area contributed by atoms with Crippen LogP contribution in [0.1, 0.15) is 43.7 Å². The Labute approximate surface area is 99.3 Å². The third-order valence-corrected chi connectivity index (χ3v) is 4.24. The van der Waals surface area contributed by atoms with Gasteiger partial charge in [0.1, 0.15) is 0 Å². The Hall–Kier alpha value is -0.820. The molecule has 1 saturated carbocycles. The van der Waals surface area contributed by atoms with E-state index in [1.54, 1.807) is 0 Å². The van der Waals surface area contributed by atoms with Gasteiger partial charge in [0.15, 0.2) is 0 Å². The molecular formula is C15H23N. The predicted octanol–water partition coefficient (Wildman–Crippen LogP) is 3.35. The Morgan fingerprint density at radius 1 is 1.19 bits per heavy atom. The number of aryl methyl sites for hydroxylation is 1. The van der Waals surface area contributed by atoms with Crippen LogP contribution in [0, 0.1) is 5.92 Å². The van der Waals surface area contributed by atoms with Crippen LogP contribution in [-0.2, 0) is 6.42 Å². The Kier molecular flexibility index (Phi) is 3.65. The first-order chi connectivity index (χ1) is 7.76. The van der Waals surface area contributed by atoms with Gasteiger partial charge in [-0.25, -0.2) is 0 Å². The molecule has 0 spiro atoms. The molecule has 88 valence electrons. The maximum atomic E-state index is 3.44. The molecule has 1 aliphatic carbocycles. The summed E-state index contributed by atoms with van der Waals surface area (Å²) < 4.78 is 0. The van der Waals surface area contributed by atoms with Crippen LogP contribution in [0.5, 0.6) is 0 Å². The van der Waals surface area contributed by atoms with Crippen molar-refractivity contribution in [2.75, 3.05) is 7.05 Å². The van der Waals surface area contributed by atoms with Gasteiger partial charge in [-0.1, -0.05) is 38.1 Å². The number of benzene rings is 1. The molecule has 16 heavy (non-hydrogen) atoms. The standard InChI is InChI=1S/C15H23N/c1-4-12-5-7-13(8-6-12)14-9-10-15(16-3)11(14)2/h5-8,11,14-16H,4,9-10H2,1-3H3. The highest BCUT2D eigenvalue weighted by molar-refractivity contribution is 5.27. The molecule has 1 heteroatoms. The van der Waals surface area contributed by atoms with Crippen molar-refractivity contribution in [1.29, 1.82) is 0 Å². The molecule has 3 atom stereocenters. The third-order valence-electron chi connectivity index (χ3n) is 4.24. The maximum Gasteiger partial charge on any atom is 0.00957 e. The summed E-state index contributed by atoms with van der Waals surface area (Å²) in [6.07, 6.45) is 3.79. The second-order valence-electron chi connectivity index (χ2n) is 5.03. The smallest absolute Gasteiger partial charge is 0.00957 e. The van der Waals surface area contributed by atoms with Crippen molar-refractivity contribution in [3.63, 3.8) is 0 Å². The van der Waals surface area contributed by atoms with Crippen molar-refractivity contribution in [1.82, 2.24) is 5.32 Å². The van der Waals surface area contributed by atoms with Crippen molar-refractivity contribution in [2.24, 2.45) is 5.92 Å². The highest BCUT2D eigenvalue weighted by Crippen LogP contribution is 2.39. The molecule has 0 aliphatic heterocycles. The lowest BCUT2D eigenvalue weighted by Gasteiger charge is -2.20. The SMILES string of the molecule is CCc1ccc(C2CCC(NC)C2C)cc1. The maximum absolute atomic E-state index is 3.44. The summed E-state index contributed by atoms with van der Waals surface area (Å²) in [7, 11) is 2.09. The molecule has 1 aromatic rings. The summed E-state index contributed by atoms with van der Waals surface area (Å²) in [5, 5.41) is 3.44. The molecule has 1 N–H and O–H groups in total. The minimum absolute atomic E-state index is 0.704. The van der Waals surface area contributed by atoms with E-state index in [-0.39, 0.29) is 0 Å². The topological polar surface area (TPSA) is 12.0 Å². The first-order valence-corrected chi connectivity index (χ1v) is 6.52. The monoisotopic (exact) mass is 217 g/mol. The van der Waals surface area contributed by atoms with Gasteiger partial charge in [0.25, 0.3) is 0 Å². The fourth-order valence-corrected chi connectivity index (χ4v) is 3.04. The summed E-state index contributed by atoms with van der Waals surface area (Å²) in [5.41, 5.74) is 2.97. The van der Waals surface area contributed by atoms with E-state index in [1.165, 1.54) is 24.0 Å². The molecule has 0 bridgehead atoms. The van der Waals surface area contributed by atoms with Crippen LogP contribution >= 0.6 is 0 Å². The van der Waals surface area contributed by atoms with Gasteiger partial charge < -0.3 is 5.32 Å². The van der Waals surface area contributed by atoms with Crippen LogP contribution < -0.4 is 5.32 Å².